The summed E-state index contributed by atoms with van der Waals surface area (Å²) in [5.74, 6) is 0.751. The van der Waals surface area contributed by atoms with E-state index in [1.54, 1.807) is 0 Å². The Kier molecular flexibility index (Phi) is 7.16. The molecule has 1 atom stereocenters. The SMILES string of the molecule is C1=Cc2c(sc3ccc(-c4nc(-n5c6ccccc6c6c(C7C=CC(n8c9ccccc9c9ccccc98)=CC7)cc7c8ccccc8oc7c65)nc5ccccc45)cc23)CC1. The van der Waals surface area contributed by atoms with Crippen LogP contribution in [0, 0.1) is 0 Å². The van der Waals surface area contributed by atoms with Crippen molar-refractivity contribution in [3.63, 3.8) is 0 Å². The lowest BCUT2D eigenvalue weighted by atomic mass is 9.87. The number of hydrogen-bond donors (Lipinski definition) is 0. The third-order valence-electron chi connectivity index (χ3n) is 13.3. The van der Waals surface area contributed by atoms with E-state index in [2.05, 4.69) is 185 Å². The third kappa shape index (κ3) is 4.84. The molecule has 0 bridgehead atoms. The normalized spacial score (nSPS) is 15.4. The van der Waals surface area contributed by atoms with Crippen LogP contribution < -0.4 is 0 Å². The van der Waals surface area contributed by atoms with Crippen LogP contribution in [0.1, 0.15) is 34.8 Å². The first-order valence-corrected chi connectivity index (χ1v) is 22.3. The van der Waals surface area contributed by atoms with Gasteiger partial charge in [0.25, 0.3) is 0 Å². The molecular formula is C56H36N4OS. The second-order valence-corrected chi connectivity index (χ2v) is 17.8. The molecule has 0 aliphatic heterocycles. The summed E-state index contributed by atoms with van der Waals surface area (Å²) < 4.78 is 12.9. The maximum atomic E-state index is 6.93. The highest BCUT2D eigenvalue weighted by molar-refractivity contribution is 7.19. The number of benzene rings is 7. The third-order valence-corrected chi connectivity index (χ3v) is 14.6. The highest BCUT2D eigenvalue weighted by Gasteiger charge is 2.27. The Morgan fingerprint density at radius 3 is 2.11 bits per heavy atom. The monoisotopic (exact) mass is 812 g/mol. The molecule has 5 nitrogen and oxygen atoms in total. The second kappa shape index (κ2) is 13.0. The van der Waals surface area contributed by atoms with Crippen molar-refractivity contribution < 1.29 is 4.42 Å². The van der Waals surface area contributed by atoms with Crippen LogP contribution in [0.3, 0.4) is 0 Å². The van der Waals surface area contributed by atoms with Gasteiger partial charge in [-0.1, -0.05) is 121 Å². The van der Waals surface area contributed by atoms with Crippen molar-refractivity contribution in [3.8, 4) is 17.2 Å². The molecule has 1 unspecified atom stereocenters. The first-order valence-electron chi connectivity index (χ1n) is 21.5. The van der Waals surface area contributed by atoms with Crippen LogP contribution in [0.4, 0.5) is 0 Å². The predicted molar refractivity (Wildman–Crippen MR) is 260 cm³/mol. The molecule has 0 N–H and O–H groups in total. The molecule has 7 aromatic carbocycles. The first kappa shape index (κ1) is 34.2. The quantitative estimate of drug-likeness (QED) is 0.178. The van der Waals surface area contributed by atoms with E-state index in [1.165, 1.54) is 59.0 Å². The Balaban J connectivity index is 1.01. The summed E-state index contributed by atoms with van der Waals surface area (Å²) in [4.78, 5) is 12.4. The highest BCUT2D eigenvalue weighted by atomic mass is 32.1. The molecule has 0 fully saturated rings. The summed E-state index contributed by atoms with van der Waals surface area (Å²) in [6.07, 6.45) is 14.8. The maximum absolute atomic E-state index is 6.93. The fourth-order valence-corrected chi connectivity index (χ4v) is 11.7. The van der Waals surface area contributed by atoms with Crippen LogP contribution in [0.15, 0.2) is 174 Å². The molecule has 0 saturated carbocycles. The van der Waals surface area contributed by atoms with Gasteiger partial charge in [-0.3, -0.25) is 4.57 Å². The topological polar surface area (TPSA) is 48.8 Å². The predicted octanol–water partition coefficient (Wildman–Crippen LogP) is 15.2. The maximum Gasteiger partial charge on any atom is 0.235 e. The Hall–Kier alpha value is -7.54. The average molecular weight is 813 g/mol. The van der Waals surface area contributed by atoms with Gasteiger partial charge >= 0.3 is 0 Å². The number of nitrogens with zero attached hydrogens (tertiary/aromatic N) is 4. The number of aryl methyl sites for hydroxylation is 1. The Morgan fingerprint density at radius 2 is 1.32 bits per heavy atom. The van der Waals surface area contributed by atoms with Crippen LogP contribution in [0.2, 0.25) is 0 Å². The van der Waals surface area contributed by atoms with E-state index in [0.717, 1.165) is 79.8 Å². The van der Waals surface area contributed by atoms with Crippen molar-refractivity contribution in [1.29, 1.82) is 0 Å². The van der Waals surface area contributed by atoms with Gasteiger partial charge in [-0.15, -0.1) is 11.3 Å². The van der Waals surface area contributed by atoms with E-state index >= 15 is 0 Å². The van der Waals surface area contributed by atoms with Gasteiger partial charge in [0.1, 0.15) is 11.1 Å². The summed E-state index contributed by atoms with van der Waals surface area (Å²) in [5.41, 5.74) is 12.9. The number of thiophene rings is 1. The molecule has 292 valence electrons. The molecule has 2 aliphatic rings. The number of furan rings is 1. The lowest BCUT2D eigenvalue weighted by Crippen LogP contribution is -2.05. The molecule has 2 aliphatic carbocycles. The van der Waals surface area contributed by atoms with Gasteiger partial charge in [-0.05, 0) is 85.0 Å². The largest absolute Gasteiger partial charge is 0.454 e. The zero-order valence-corrected chi connectivity index (χ0v) is 34.4. The number of rotatable bonds is 4. The Bertz CT molecular complexity index is 3930. The van der Waals surface area contributed by atoms with Crippen LogP contribution in [0.25, 0.3) is 116 Å². The molecule has 5 heterocycles. The van der Waals surface area contributed by atoms with Gasteiger partial charge in [0.15, 0.2) is 5.58 Å². The van der Waals surface area contributed by atoms with Crippen LogP contribution in [0.5, 0.6) is 0 Å². The van der Waals surface area contributed by atoms with Gasteiger partial charge in [0, 0.05) is 69.8 Å². The molecule has 0 saturated heterocycles. The molecule has 5 aromatic heterocycles. The van der Waals surface area contributed by atoms with Crippen molar-refractivity contribution in [2.45, 2.75) is 25.2 Å². The fourth-order valence-electron chi connectivity index (χ4n) is 10.5. The van der Waals surface area contributed by atoms with Crippen molar-refractivity contribution in [1.82, 2.24) is 19.1 Å². The average Bonchev–Trinajstić information content (AvgIpc) is 4.09. The molecule has 12 aromatic rings. The lowest BCUT2D eigenvalue weighted by Gasteiger charge is -2.20. The lowest BCUT2D eigenvalue weighted by molar-refractivity contribution is 0.670. The van der Waals surface area contributed by atoms with E-state index in [1.807, 2.05) is 11.3 Å². The van der Waals surface area contributed by atoms with Gasteiger partial charge in [-0.25, -0.2) is 9.97 Å². The van der Waals surface area contributed by atoms with Crippen molar-refractivity contribution in [3.05, 3.63) is 186 Å². The minimum Gasteiger partial charge on any atom is -0.454 e. The number of fused-ring (bicyclic) bond motifs is 14. The summed E-state index contributed by atoms with van der Waals surface area (Å²) >= 11 is 1.92. The van der Waals surface area contributed by atoms with Gasteiger partial charge in [0.05, 0.1) is 27.8 Å². The molecule has 0 spiro atoms. The second-order valence-electron chi connectivity index (χ2n) is 16.7. The molecule has 0 radical (unpaired) electrons. The van der Waals surface area contributed by atoms with E-state index in [0.29, 0.717) is 5.95 Å². The smallest absolute Gasteiger partial charge is 0.235 e. The van der Waals surface area contributed by atoms with Gasteiger partial charge in [0.2, 0.25) is 5.95 Å². The standard InChI is InChI=1S/C56H36N4OS/c1-7-19-45-40(17-1)53(34-27-30-51-43(31-34)39-16-6-12-24-50(39)62-51)58-56(57-45)60-48-22-10-4-18-41(48)52-42(32-44-38-15-5-11-23-49(38)61-55(44)54(52)60)33-25-28-35(29-26-33)59-46-20-8-2-13-36(46)37-14-3-9-21-47(37)59/h1-11,13-23,25,27-33H,12,24,26H2. The Labute approximate surface area is 359 Å². The zero-order chi connectivity index (χ0) is 40.5. The summed E-state index contributed by atoms with van der Waals surface area (Å²) in [6, 6.07) is 52.3. The van der Waals surface area contributed by atoms with E-state index in [9.17, 15) is 0 Å². The molecule has 62 heavy (non-hydrogen) atoms. The van der Waals surface area contributed by atoms with Gasteiger partial charge in [-0.2, -0.15) is 0 Å². The number of hydrogen-bond acceptors (Lipinski definition) is 4. The van der Waals surface area contributed by atoms with E-state index < -0.39 is 0 Å². The summed E-state index contributed by atoms with van der Waals surface area (Å²) in [5, 5.41) is 9.40. The number of aromatic nitrogens is 4. The molecular weight excluding hydrogens is 777 g/mol. The number of allylic oxidation sites excluding steroid dienone is 5. The van der Waals surface area contributed by atoms with Crippen molar-refractivity contribution >= 4 is 110 Å². The van der Waals surface area contributed by atoms with Crippen LogP contribution in [-0.4, -0.2) is 19.1 Å². The van der Waals surface area contributed by atoms with E-state index in [-0.39, 0.29) is 5.92 Å². The van der Waals surface area contributed by atoms with Crippen molar-refractivity contribution in [2.75, 3.05) is 0 Å². The van der Waals surface area contributed by atoms with E-state index in [4.69, 9.17) is 14.4 Å². The molecule has 0 amide bonds. The minimum atomic E-state index is 0.122. The Morgan fingerprint density at radius 1 is 0.613 bits per heavy atom. The summed E-state index contributed by atoms with van der Waals surface area (Å²) in [6.45, 7) is 0. The fraction of sp³-hybridized carbons (Fsp3) is 0.0714. The van der Waals surface area contributed by atoms with Gasteiger partial charge < -0.3 is 8.98 Å². The van der Waals surface area contributed by atoms with Crippen LogP contribution >= 0.6 is 11.3 Å². The van der Waals surface area contributed by atoms with Crippen LogP contribution in [-0.2, 0) is 6.42 Å². The molecule has 14 rings (SSSR count). The van der Waals surface area contributed by atoms with Crippen molar-refractivity contribution in [2.24, 2.45) is 0 Å². The molecule has 6 heteroatoms. The zero-order valence-electron chi connectivity index (χ0n) is 33.5. The first-order chi connectivity index (χ1) is 30.7. The minimum absolute atomic E-state index is 0.122. The number of para-hydroxylation sites is 5. The summed E-state index contributed by atoms with van der Waals surface area (Å²) in [7, 11) is 0. The highest BCUT2D eigenvalue weighted by Crippen LogP contribution is 2.47.